The standard InChI is InChI=1S/C16H20O2/c1-4-5-6-12-7-8-14-13(9-12)10-15(18-14)16(17)11(2)3/h7-11H,4-6H2,1-3H3. The molecule has 0 saturated heterocycles. The summed E-state index contributed by atoms with van der Waals surface area (Å²) in [6.07, 6.45) is 3.48. The van der Waals surface area contributed by atoms with Crippen LogP contribution in [-0.2, 0) is 6.42 Å². The molecule has 0 amide bonds. The molecule has 1 aromatic heterocycles. The van der Waals surface area contributed by atoms with Gasteiger partial charge in [0.15, 0.2) is 5.76 Å². The Morgan fingerprint density at radius 1 is 1.28 bits per heavy atom. The van der Waals surface area contributed by atoms with Gasteiger partial charge in [0.2, 0.25) is 5.78 Å². The number of Topliss-reactive ketones (excluding diaryl/α,β-unsaturated/α-hetero) is 1. The van der Waals surface area contributed by atoms with Gasteiger partial charge in [-0.25, -0.2) is 0 Å². The predicted octanol–water partition coefficient (Wildman–Crippen LogP) is 4.61. The number of hydrogen-bond acceptors (Lipinski definition) is 2. The number of ketones is 1. The molecule has 2 nitrogen and oxygen atoms in total. The highest BCUT2D eigenvalue weighted by Gasteiger charge is 2.15. The molecular weight excluding hydrogens is 224 g/mol. The quantitative estimate of drug-likeness (QED) is 0.719. The van der Waals surface area contributed by atoms with E-state index in [1.54, 1.807) is 0 Å². The van der Waals surface area contributed by atoms with Crippen molar-refractivity contribution in [3.63, 3.8) is 0 Å². The van der Waals surface area contributed by atoms with Crippen LogP contribution in [0.4, 0.5) is 0 Å². The normalized spacial score (nSPS) is 11.3. The van der Waals surface area contributed by atoms with Crippen molar-refractivity contribution in [3.05, 3.63) is 35.6 Å². The number of benzene rings is 1. The molecule has 2 rings (SSSR count). The second-order valence-electron chi connectivity index (χ2n) is 5.11. The van der Waals surface area contributed by atoms with Gasteiger partial charge in [0.25, 0.3) is 0 Å². The van der Waals surface area contributed by atoms with Gasteiger partial charge in [-0.1, -0.05) is 33.3 Å². The van der Waals surface area contributed by atoms with Crippen molar-refractivity contribution < 1.29 is 9.21 Å². The summed E-state index contributed by atoms with van der Waals surface area (Å²) in [6.45, 7) is 5.97. The van der Waals surface area contributed by atoms with Crippen molar-refractivity contribution in [2.75, 3.05) is 0 Å². The molecular formula is C16H20O2. The molecule has 0 aliphatic rings. The summed E-state index contributed by atoms with van der Waals surface area (Å²) in [5.74, 6) is 0.527. The number of carbonyl (C=O) groups is 1. The zero-order chi connectivity index (χ0) is 13.1. The number of unbranched alkanes of at least 4 members (excludes halogenated alkanes) is 1. The zero-order valence-electron chi connectivity index (χ0n) is 11.3. The highest BCUT2D eigenvalue weighted by atomic mass is 16.3. The average molecular weight is 244 g/mol. The highest BCUT2D eigenvalue weighted by molar-refractivity contribution is 5.98. The summed E-state index contributed by atoms with van der Waals surface area (Å²) in [4.78, 5) is 11.9. The predicted molar refractivity (Wildman–Crippen MR) is 74.0 cm³/mol. The maximum absolute atomic E-state index is 11.9. The lowest BCUT2D eigenvalue weighted by Gasteiger charge is -1.98. The Morgan fingerprint density at radius 2 is 2.06 bits per heavy atom. The van der Waals surface area contributed by atoms with E-state index >= 15 is 0 Å². The topological polar surface area (TPSA) is 30.2 Å². The molecule has 2 heteroatoms. The second-order valence-corrected chi connectivity index (χ2v) is 5.11. The fraction of sp³-hybridized carbons (Fsp3) is 0.438. The van der Waals surface area contributed by atoms with E-state index in [0.717, 1.165) is 17.4 Å². The van der Waals surface area contributed by atoms with E-state index in [1.807, 2.05) is 26.0 Å². The molecule has 1 heterocycles. The van der Waals surface area contributed by atoms with Crippen LogP contribution >= 0.6 is 0 Å². The van der Waals surface area contributed by atoms with Crippen molar-refractivity contribution in [1.29, 1.82) is 0 Å². The number of furan rings is 1. The Labute approximate surface area is 108 Å². The van der Waals surface area contributed by atoms with Crippen molar-refractivity contribution in [2.45, 2.75) is 40.0 Å². The van der Waals surface area contributed by atoms with Crippen molar-refractivity contribution in [3.8, 4) is 0 Å². The number of rotatable bonds is 5. The van der Waals surface area contributed by atoms with Crippen molar-refractivity contribution in [2.24, 2.45) is 5.92 Å². The van der Waals surface area contributed by atoms with Gasteiger partial charge in [-0.15, -0.1) is 0 Å². The third kappa shape index (κ3) is 2.63. The lowest BCUT2D eigenvalue weighted by atomic mass is 10.1. The number of aryl methyl sites for hydroxylation is 1. The van der Waals surface area contributed by atoms with E-state index in [9.17, 15) is 4.79 Å². The molecule has 96 valence electrons. The van der Waals surface area contributed by atoms with E-state index in [1.165, 1.54) is 18.4 Å². The van der Waals surface area contributed by atoms with Crippen LogP contribution in [0.15, 0.2) is 28.7 Å². The molecule has 0 saturated carbocycles. The molecule has 0 bridgehead atoms. The Morgan fingerprint density at radius 3 is 2.72 bits per heavy atom. The average Bonchev–Trinajstić information content (AvgIpc) is 2.77. The molecule has 0 atom stereocenters. The van der Waals surface area contributed by atoms with Crippen molar-refractivity contribution >= 4 is 16.8 Å². The van der Waals surface area contributed by atoms with Gasteiger partial charge in [-0.3, -0.25) is 4.79 Å². The molecule has 2 aromatic rings. The number of fused-ring (bicyclic) bond motifs is 1. The van der Waals surface area contributed by atoms with Crippen LogP contribution < -0.4 is 0 Å². The molecule has 0 radical (unpaired) electrons. The van der Waals surface area contributed by atoms with Gasteiger partial charge in [-0.05, 0) is 36.6 Å². The molecule has 0 N–H and O–H groups in total. The SMILES string of the molecule is CCCCc1ccc2oc(C(=O)C(C)C)cc2c1. The monoisotopic (exact) mass is 244 g/mol. The lowest BCUT2D eigenvalue weighted by Crippen LogP contribution is -2.05. The smallest absolute Gasteiger partial charge is 0.200 e. The van der Waals surface area contributed by atoms with Crippen LogP contribution in [0.5, 0.6) is 0 Å². The molecule has 0 fully saturated rings. The van der Waals surface area contributed by atoms with Gasteiger partial charge in [0, 0.05) is 11.3 Å². The summed E-state index contributed by atoms with van der Waals surface area (Å²) >= 11 is 0. The van der Waals surface area contributed by atoms with Crippen LogP contribution in [-0.4, -0.2) is 5.78 Å². The summed E-state index contributed by atoms with van der Waals surface area (Å²) in [5, 5.41) is 1.03. The summed E-state index contributed by atoms with van der Waals surface area (Å²) < 4.78 is 5.60. The molecule has 1 aromatic carbocycles. The maximum atomic E-state index is 11.9. The van der Waals surface area contributed by atoms with Crippen LogP contribution in [0.2, 0.25) is 0 Å². The minimum absolute atomic E-state index is 0.0230. The summed E-state index contributed by atoms with van der Waals surface area (Å²) in [5.41, 5.74) is 2.12. The second kappa shape index (κ2) is 5.38. The molecule has 0 spiro atoms. The van der Waals surface area contributed by atoms with E-state index < -0.39 is 0 Å². The lowest BCUT2D eigenvalue weighted by molar-refractivity contribution is 0.0913. The molecule has 0 aliphatic carbocycles. The third-order valence-corrected chi connectivity index (χ3v) is 3.17. The Balaban J connectivity index is 2.31. The van der Waals surface area contributed by atoms with E-state index in [2.05, 4.69) is 19.1 Å². The molecule has 18 heavy (non-hydrogen) atoms. The zero-order valence-corrected chi connectivity index (χ0v) is 11.3. The van der Waals surface area contributed by atoms with E-state index in [4.69, 9.17) is 4.42 Å². The van der Waals surface area contributed by atoms with Gasteiger partial charge in [0.05, 0.1) is 0 Å². The van der Waals surface area contributed by atoms with Crippen molar-refractivity contribution in [1.82, 2.24) is 0 Å². The Bertz CT molecular complexity index is 549. The number of hydrogen-bond donors (Lipinski definition) is 0. The van der Waals surface area contributed by atoms with Gasteiger partial charge in [-0.2, -0.15) is 0 Å². The highest BCUT2D eigenvalue weighted by Crippen LogP contribution is 2.23. The molecule has 0 unspecified atom stereocenters. The third-order valence-electron chi connectivity index (χ3n) is 3.17. The maximum Gasteiger partial charge on any atom is 0.200 e. The Kier molecular flexibility index (Phi) is 3.85. The van der Waals surface area contributed by atoms with Crippen LogP contribution in [0, 0.1) is 5.92 Å². The summed E-state index contributed by atoms with van der Waals surface area (Å²) in [6, 6.07) is 8.06. The van der Waals surface area contributed by atoms with Gasteiger partial charge in [0.1, 0.15) is 5.58 Å². The largest absolute Gasteiger partial charge is 0.453 e. The number of carbonyl (C=O) groups excluding carboxylic acids is 1. The first-order valence-electron chi connectivity index (χ1n) is 6.68. The first-order chi connectivity index (χ1) is 8.61. The van der Waals surface area contributed by atoms with E-state index in [0.29, 0.717) is 5.76 Å². The van der Waals surface area contributed by atoms with Crippen LogP contribution in [0.25, 0.3) is 11.0 Å². The minimum atomic E-state index is -0.0230. The molecule has 0 aliphatic heterocycles. The van der Waals surface area contributed by atoms with E-state index in [-0.39, 0.29) is 11.7 Å². The van der Waals surface area contributed by atoms with Crippen LogP contribution in [0.1, 0.15) is 49.7 Å². The summed E-state index contributed by atoms with van der Waals surface area (Å²) in [7, 11) is 0. The van der Waals surface area contributed by atoms with Crippen LogP contribution in [0.3, 0.4) is 0 Å². The minimum Gasteiger partial charge on any atom is -0.453 e. The van der Waals surface area contributed by atoms with Gasteiger partial charge >= 0.3 is 0 Å². The first kappa shape index (κ1) is 12.9. The fourth-order valence-electron chi connectivity index (χ4n) is 2.04. The fourth-order valence-corrected chi connectivity index (χ4v) is 2.04. The first-order valence-corrected chi connectivity index (χ1v) is 6.68. The Hall–Kier alpha value is -1.57. The van der Waals surface area contributed by atoms with Gasteiger partial charge < -0.3 is 4.42 Å².